The Balaban J connectivity index is 2.79. The summed E-state index contributed by atoms with van der Waals surface area (Å²) in [6, 6.07) is -4.06. The predicted octanol–water partition coefficient (Wildman–Crippen LogP) is -3.75. The van der Waals surface area contributed by atoms with E-state index in [0.29, 0.717) is 19.4 Å². The van der Waals surface area contributed by atoms with Crippen LogP contribution in [0.25, 0.3) is 0 Å². The molecule has 1 saturated heterocycles. The zero-order valence-corrected chi connectivity index (χ0v) is 17.9. The maximum absolute atomic E-state index is 12.8. The van der Waals surface area contributed by atoms with Crippen LogP contribution in [0.3, 0.4) is 0 Å². The number of hydrogen-bond acceptors (Lipinski definition) is 8. The molecule has 0 saturated carbocycles. The Morgan fingerprint density at radius 2 is 1.74 bits per heavy atom. The number of carboxylic acids is 1. The van der Waals surface area contributed by atoms with Crippen molar-refractivity contribution < 1.29 is 29.4 Å². The average molecular weight is 462 g/mol. The first kappa shape index (κ1) is 26.5. The number of aliphatic imine (C=N–C) groups is 1. The number of carboxylic acid groups (broad SMARTS) is 1. The molecule has 13 nitrogen and oxygen atoms in total. The highest BCUT2D eigenvalue weighted by molar-refractivity contribution is 7.80. The van der Waals surface area contributed by atoms with Crippen molar-refractivity contribution in [2.45, 2.75) is 49.9 Å². The number of nitrogens with two attached hydrogens (primary N) is 2. The maximum Gasteiger partial charge on any atom is 0.328 e. The van der Waals surface area contributed by atoms with Crippen molar-refractivity contribution in [3.63, 3.8) is 0 Å². The van der Waals surface area contributed by atoms with E-state index in [4.69, 9.17) is 21.7 Å². The Labute approximate surface area is 185 Å². The molecular formula is C17H31N7O6S. The van der Waals surface area contributed by atoms with Gasteiger partial charge in [0.05, 0.1) is 12.6 Å². The van der Waals surface area contributed by atoms with Gasteiger partial charge in [-0.2, -0.15) is 12.6 Å². The van der Waals surface area contributed by atoms with Gasteiger partial charge in [0.25, 0.3) is 0 Å². The zero-order valence-electron chi connectivity index (χ0n) is 17.0. The fourth-order valence-electron chi connectivity index (χ4n) is 2.88. The van der Waals surface area contributed by atoms with Crippen LogP contribution < -0.4 is 32.7 Å². The average Bonchev–Trinajstić information content (AvgIpc) is 3.26. The van der Waals surface area contributed by atoms with Gasteiger partial charge in [-0.25, -0.2) is 4.79 Å². The maximum atomic E-state index is 12.8. The molecule has 0 aromatic carbocycles. The number of carbonyl (C=O) groups excluding carboxylic acids is 3. The standard InChI is InChI=1S/C17H31N7O6S/c18-17(19)21-6-2-4-10(22-13(26)9-3-1-5-20-9)14(27)24-12(8-31)15(28)23-11(7-25)16(29)30/h9-12,20,25,31H,1-8H2,(H,22,26)(H,23,28)(H,24,27)(H,29,30)(H4,18,19,21). The molecule has 0 aromatic heterocycles. The van der Waals surface area contributed by atoms with E-state index < -0.39 is 48.6 Å². The lowest BCUT2D eigenvalue weighted by atomic mass is 10.1. The van der Waals surface area contributed by atoms with Gasteiger partial charge < -0.3 is 42.9 Å². The van der Waals surface area contributed by atoms with E-state index >= 15 is 0 Å². The zero-order chi connectivity index (χ0) is 23.4. The molecule has 4 unspecified atom stereocenters. The lowest BCUT2D eigenvalue weighted by Gasteiger charge is -2.24. The van der Waals surface area contributed by atoms with Crippen LogP contribution in [-0.4, -0.2) is 89.5 Å². The van der Waals surface area contributed by atoms with Crippen LogP contribution in [0.2, 0.25) is 0 Å². The molecule has 176 valence electrons. The second-order valence-electron chi connectivity index (χ2n) is 6.98. The Kier molecular flexibility index (Phi) is 11.7. The van der Waals surface area contributed by atoms with Gasteiger partial charge in [0.2, 0.25) is 17.7 Å². The first-order valence-corrected chi connectivity index (χ1v) is 10.5. The SMILES string of the molecule is NC(N)=NCCCC(NC(=O)C1CCCN1)C(=O)NC(CS)C(=O)NC(CO)C(=O)O. The molecule has 1 rings (SSSR count). The summed E-state index contributed by atoms with van der Waals surface area (Å²) in [6.45, 7) is 0.139. The van der Waals surface area contributed by atoms with Crippen LogP contribution >= 0.6 is 12.6 Å². The van der Waals surface area contributed by atoms with Crippen molar-refractivity contribution >= 4 is 42.3 Å². The van der Waals surface area contributed by atoms with E-state index in [-0.39, 0.29) is 30.6 Å². The normalized spacial score (nSPS) is 18.3. The summed E-state index contributed by atoms with van der Waals surface area (Å²) in [5.41, 5.74) is 10.6. The molecule has 1 aliphatic heterocycles. The fourth-order valence-corrected chi connectivity index (χ4v) is 3.13. The summed E-state index contributed by atoms with van der Waals surface area (Å²) < 4.78 is 0. The Morgan fingerprint density at radius 1 is 1.10 bits per heavy atom. The molecule has 3 amide bonds. The molecule has 1 fully saturated rings. The highest BCUT2D eigenvalue weighted by Gasteiger charge is 2.30. The molecular weight excluding hydrogens is 430 g/mol. The topological polar surface area (TPSA) is 221 Å². The minimum Gasteiger partial charge on any atom is -0.480 e. The minimum atomic E-state index is -1.52. The van der Waals surface area contributed by atoms with Gasteiger partial charge in [0.1, 0.15) is 18.1 Å². The van der Waals surface area contributed by atoms with Gasteiger partial charge in [-0.15, -0.1) is 0 Å². The monoisotopic (exact) mass is 461 g/mol. The van der Waals surface area contributed by atoms with Crippen LogP contribution in [0.4, 0.5) is 0 Å². The minimum absolute atomic E-state index is 0.0936. The second-order valence-corrected chi connectivity index (χ2v) is 7.35. The number of thiol groups is 1. The number of guanidine groups is 1. The van der Waals surface area contributed by atoms with Crippen LogP contribution in [0.1, 0.15) is 25.7 Å². The number of nitrogens with one attached hydrogen (secondary N) is 4. The number of amides is 3. The summed E-state index contributed by atoms with van der Waals surface area (Å²) in [4.78, 5) is 52.3. The Morgan fingerprint density at radius 3 is 2.26 bits per heavy atom. The van der Waals surface area contributed by atoms with Crippen molar-refractivity contribution in [2.24, 2.45) is 16.5 Å². The number of aliphatic hydroxyl groups is 1. The summed E-state index contributed by atoms with van der Waals surface area (Å²) in [5, 5.41) is 28.3. The van der Waals surface area contributed by atoms with E-state index in [1.165, 1.54) is 0 Å². The number of hydrogen-bond donors (Lipinski definition) is 9. The molecule has 0 aromatic rings. The smallest absolute Gasteiger partial charge is 0.328 e. The first-order chi connectivity index (χ1) is 14.7. The van der Waals surface area contributed by atoms with Gasteiger partial charge in [-0.3, -0.25) is 19.4 Å². The van der Waals surface area contributed by atoms with Gasteiger partial charge >= 0.3 is 5.97 Å². The Bertz CT molecular complexity index is 667. The van der Waals surface area contributed by atoms with Crippen LogP contribution in [0, 0.1) is 0 Å². The molecule has 1 heterocycles. The highest BCUT2D eigenvalue weighted by Crippen LogP contribution is 2.07. The van der Waals surface area contributed by atoms with E-state index in [2.05, 4.69) is 38.9 Å². The second kappa shape index (κ2) is 13.7. The third kappa shape index (κ3) is 9.40. The Hall–Kier alpha value is -2.58. The number of carbonyl (C=O) groups is 4. The van der Waals surface area contributed by atoms with Gasteiger partial charge in [0.15, 0.2) is 5.96 Å². The summed E-state index contributed by atoms with van der Waals surface area (Å²) in [6.07, 6.45) is 2.08. The largest absolute Gasteiger partial charge is 0.480 e. The van der Waals surface area contributed by atoms with Gasteiger partial charge in [-0.05, 0) is 32.2 Å². The van der Waals surface area contributed by atoms with Crippen molar-refractivity contribution in [3.8, 4) is 0 Å². The van der Waals surface area contributed by atoms with E-state index in [9.17, 15) is 19.2 Å². The number of nitrogens with zero attached hydrogens (tertiary/aromatic N) is 1. The van der Waals surface area contributed by atoms with Gasteiger partial charge in [-0.1, -0.05) is 0 Å². The van der Waals surface area contributed by atoms with E-state index in [0.717, 1.165) is 6.42 Å². The highest BCUT2D eigenvalue weighted by atomic mass is 32.1. The summed E-state index contributed by atoms with van der Waals surface area (Å²) in [7, 11) is 0. The summed E-state index contributed by atoms with van der Waals surface area (Å²) in [5.74, 6) is -3.45. The molecule has 31 heavy (non-hydrogen) atoms. The van der Waals surface area contributed by atoms with Crippen LogP contribution in [0.5, 0.6) is 0 Å². The van der Waals surface area contributed by atoms with Crippen molar-refractivity contribution in [1.82, 2.24) is 21.3 Å². The van der Waals surface area contributed by atoms with E-state index in [1.807, 2.05) is 0 Å². The number of aliphatic hydroxyl groups excluding tert-OH is 1. The van der Waals surface area contributed by atoms with Crippen molar-refractivity contribution in [3.05, 3.63) is 0 Å². The van der Waals surface area contributed by atoms with Crippen LogP contribution in [-0.2, 0) is 19.2 Å². The molecule has 4 atom stereocenters. The third-order valence-electron chi connectivity index (χ3n) is 4.57. The number of aliphatic carboxylic acids is 1. The van der Waals surface area contributed by atoms with Crippen LogP contribution in [0.15, 0.2) is 4.99 Å². The fraction of sp³-hybridized carbons (Fsp3) is 0.706. The molecule has 14 heteroatoms. The summed E-state index contributed by atoms with van der Waals surface area (Å²) >= 11 is 4.02. The molecule has 0 aliphatic carbocycles. The lowest BCUT2D eigenvalue weighted by Crippen LogP contribution is -2.58. The molecule has 0 bridgehead atoms. The molecule has 0 radical (unpaired) electrons. The lowest BCUT2D eigenvalue weighted by molar-refractivity contribution is -0.143. The van der Waals surface area contributed by atoms with Gasteiger partial charge in [0, 0.05) is 12.3 Å². The predicted molar refractivity (Wildman–Crippen MR) is 115 cm³/mol. The number of rotatable bonds is 13. The third-order valence-corrected chi connectivity index (χ3v) is 4.93. The first-order valence-electron chi connectivity index (χ1n) is 9.84. The molecule has 1 aliphatic rings. The van der Waals surface area contributed by atoms with Crippen molar-refractivity contribution in [2.75, 3.05) is 25.4 Å². The molecule has 10 N–H and O–H groups in total. The molecule has 0 spiro atoms. The van der Waals surface area contributed by atoms with Crippen molar-refractivity contribution in [1.29, 1.82) is 0 Å². The van der Waals surface area contributed by atoms with E-state index in [1.54, 1.807) is 0 Å². The quantitative estimate of drug-likeness (QED) is 0.0568.